The van der Waals surface area contributed by atoms with Crippen LogP contribution < -0.4 is 0 Å². The molecule has 0 aliphatic carbocycles. The molecular weight excluding hydrogens is 246 g/mol. The van der Waals surface area contributed by atoms with Gasteiger partial charge in [0.2, 0.25) is 0 Å². The Morgan fingerprint density at radius 1 is 1.25 bits per heavy atom. The maximum atomic E-state index is 12.2. The average Bonchev–Trinajstić information content (AvgIpc) is 2.70. The smallest absolute Gasteiger partial charge is 0.135 e. The molecule has 4 atom stereocenters. The van der Waals surface area contributed by atoms with Gasteiger partial charge in [-0.1, -0.05) is 31.2 Å². The van der Waals surface area contributed by atoms with E-state index in [1.54, 1.807) is 6.92 Å². The van der Waals surface area contributed by atoms with Crippen molar-refractivity contribution in [1.29, 1.82) is 0 Å². The van der Waals surface area contributed by atoms with Gasteiger partial charge >= 0.3 is 0 Å². The molecule has 2 saturated heterocycles. The van der Waals surface area contributed by atoms with E-state index < -0.39 is 0 Å². The number of hydrogen-bond donors (Lipinski definition) is 0. The molecule has 2 bridgehead atoms. The highest BCUT2D eigenvalue weighted by atomic mass is 16.1. The lowest BCUT2D eigenvalue weighted by atomic mass is 9.74. The zero-order valence-electron chi connectivity index (χ0n) is 12.8. The van der Waals surface area contributed by atoms with Crippen LogP contribution in [0.25, 0.3) is 0 Å². The Labute approximate surface area is 122 Å². The largest absolute Gasteiger partial charge is 0.300 e. The van der Waals surface area contributed by atoms with E-state index in [0.717, 1.165) is 12.8 Å². The second-order valence-corrected chi connectivity index (χ2v) is 6.54. The predicted molar refractivity (Wildman–Crippen MR) is 81.9 cm³/mol. The van der Waals surface area contributed by atoms with E-state index in [9.17, 15) is 4.79 Å². The molecule has 2 aliphatic heterocycles. The summed E-state index contributed by atoms with van der Waals surface area (Å²) in [5, 5.41) is 0. The summed E-state index contributed by atoms with van der Waals surface area (Å²) >= 11 is 0. The monoisotopic (exact) mass is 271 g/mol. The molecule has 0 aromatic heterocycles. The Hall–Kier alpha value is -1.15. The van der Waals surface area contributed by atoms with Crippen molar-refractivity contribution in [3.05, 3.63) is 35.4 Å². The van der Waals surface area contributed by atoms with Crippen molar-refractivity contribution in [2.24, 2.45) is 5.92 Å². The van der Waals surface area contributed by atoms with E-state index in [1.807, 2.05) is 0 Å². The molecule has 2 heteroatoms. The number of ketones is 1. The normalized spacial score (nSPS) is 33.4. The van der Waals surface area contributed by atoms with Crippen molar-refractivity contribution in [1.82, 2.24) is 4.90 Å². The summed E-state index contributed by atoms with van der Waals surface area (Å²) in [5.41, 5.74) is 2.75. The van der Waals surface area contributed by atoms with Crippen molar-refractivity contribution in [3.63, 3.8) is 0 Å². The van der Waals surface area contributed by atoms with E-state index in [-0.39, 0.29) is 5.92 Å². The Kier molecular flexibility index (Phi) is 3.68. The topological polar surface area (TPSA) is 20.3 Å². The third kappa shape index (κ3) is 2.20. The molecule has 1 aromatic carbocycles. The first-order valence-electron chi connectivity index (χ1n) is 7.93. The van der Waals surface area contributed by atoms with Crippen molar-refractivity contribution in [3.8, 4) is 0 Å². The molecule has 2 aliphatic rings. The maximum absolute atomic E-state index is 12.2. The summed E-state index contributed by atoms with van der Waals surface area (Å²) in [6.45, 7) is 3.97. The Balaban J connectivity index is 1.92. The molecule has 2 fully saturated rings. The number of piperidine rings is 1. The molecule has 2 nitrogen and oxygen atoms in total. The zero-order valence-corrected chi connectivity index (χ0v) is 12.8. The molecule has 0 spiro atoms. The van der Waals surface area contributed by atoms with Crippen molar-refractivity contribution in [2.45, 2.75) is 57.5 Å². The lowest BCUT2D eigenvalue weighted by Gasteiger charge is -2.42. The second kappa shape index (κ2) is 5.33. The van der Waals surface area contributed by atoms with Gasteiger partial charge in [0.1, 0.15) is 5.78 Å². The van der Waals surface area contributed by atoms with Crippen LogP contribution >= 0.6 is 0 Å². The number of nitrogens with zero attached hydrogens (tertiary/aromatic N) is 1. The molecule has 0 N–H and O–H groups in total. The summed E-state index contributed by atoms with van der Waals surface area (Å²) < 4.78 is 0. The minimum atomic E-state index is 0.186. The van der Waals surface area contributed by atoms with Crippen LogP contribution in [0.1, 0.15) is 50.2 Å². The third-order valence-corrected chi connectivity index (χ3v) is 5.55. The van der Waals surface area contributed by atoms with E-state index in [4.69, 9.17) is 0 Å². The first kappa shape index (κ1) is 13.8. The summed E-state index contributed by atoms with van der Waals surface area (Å²) in [6, 6.07) is 10.1. The molecule has 108 valence electrons. The Bertz CT molecular complexity index is 493. The van der Waals surface area contributed by atoms with Gasteiger partial charge in [-0.15, -0.1) is 0 Å². The molecular formula is C18H25NO. The van der Waals surface area contributed by atoms with Gasteiger partial charge in [0.15, 0.2) is 0 Å². The molecule has 20 heavy (non-hydrogen) atoms. The summed E-state index contributed by atoms with van der Waals surface area (Å²) in [6.07, 6.45) is 4.67. The highest BCUT2D eigenvalue weighted by Gasteiger charge is 2.47. The second-order valence-electron chi connectivity index (χ2n) is 6.54. The molecule has 0 amide bonds. The van der Waals surface area contributed by atoms with Crippen LogP contribution in [0.4, 0.5) is 0 Å². The maximum Gasteiger partial charge on any atom is 0.135 e. The SMILES string of the molecule is CCc1ccc([C@H]2C[C@@H]3CC[C@H]([C@@H]2C(C)=O)N3C)cc1. The molecule has 0 radical (unpaired) electrons. The first-order valence-corrected chi connectivity index (χ1v) is 7.93. The van der Waals surface area contributed by atoms with Crippen LogP contribution in [-0.2, 0) is 11.2 Å². The fourth-order valence-electron chi connectivity index (χ4n) is 4.36. The summed E-state index contributed by atoms with van der Waals surface area (Å²) in [5.74, 6) is 0.977. The average molecular weight is 271 g/mol. The van der Waals surface area contributed by atoms with Crippen LogP contribution in [0.5, 0.6) is 0 Å². The van der Waals surface area contributed by atoms with Crippen LogP contribution in [0, 0.1) is 5.92 Å². The number of carbonyl (C=O) groups is 1. The lowest BCUT2D eigenvalue weighted by Crippen LogP contribution is -2.48. The van der Waals surface area contributed by atoms with Crippen molar-refractivity contribution in [2.75, 3.05) is 7.05 Å². The standard InChI is InChI=1S/C18H25NO/c1-4-13-5-7-14(8-6-13)16-11-15-9-10-17(19(15)3)18(16)12(2)20/h5-8,15-18H,4,9-11H2,1-3H3/t15-,16+,17+,18+/m0/s1. The van der Waals surface area contributed by atoms with Gasteiger partial charge < -0.3 is 0 Å². The highest BCUT2D eigenvalue weighted by molar-refractivity contribution is 5.80. The zero-order chi connectivity index (χ0) is 14.3. The van der Waals surface area contributed by atoms with Crippen molar-refractivity contribution < 1.29 is 4.79 Å². The van der Waals surface area contributed by atoms with Gasteiger partial charge in [0.25, 0.3) is 0 Å². The number of fused-ring (bicyclic) bond motifs is 2. The van der Waals surface area contributed by atoms with Crippen LogP contribution in [0.2, 0.25) is 0 Å². The van der Waals surface area contributed by atoms with Gasteiger partial charge in [-0.3, -0.25) is 9.69 Å². The number of Topliss-reactive ketones (excluding diaryl/α,β-unsaturated/α-hetero) is 1. The van der Waals surface area contributed by atoms with E-state index in [1.165, 1.54) is 24.0 Å². The van der Waals surface area contributed by atoms with Gasteiger partial charge in [-0.2, -0.15) is 0 Å². The Morgan fingerprint density at radius 2 is 1.95 bits per heavy atom. The minimum Gasteiger partial charge on any atom is -0.300 e. The number of benzene rings is 1. The van der Waals surface area contributed by atoms with Crippen LogP contribution in [0.15, 0.2) is 24.3 Å². The summed E-state index contributed by atoms with van der Waals surface area (Å²) in [4.78, 5) is 14.7. The number of rotatable bonds is 3. The quantitative estimate of drug-likeness (QED) is 0.839. The first-order chi connectivity index (χ1) is 9.61. The lowest BCUT2D eigenvalue weighted by molar-refractivity contribution is -0.124. The molecule has 2 heterocycles. The van der Waals surface area contributed by atoms with Crippen LogP contribution in [-0.4, -0.2) is 29.8 Å². The summed E-state index contributed by atoms with van der Waals surface area (Å²) in [7, 11) is 2.20. The van der Waals surface area contributed by atoms with E-state index in [2.05, 4.69) is 43.1 Å². The van der Waals surface area contributed by atoms with E-state index >= 15 is 0 Å². The number of aryl methyl sites for hydroxylation is 1. The minimum absolute atomic E-state index is 0.186. The fraction of sp³-hybridized carbons (Fsp3) is 0.611. The van der Waals surface area contributed by atoms with Crippen LogP contribution in [0.3, 0.4) is 0 Å². The van der Waals surface area contributed by atoms with Gasteiger partial charge in [0.05, 0.1) is 0 Å². The highest BCUT2D eigenvalue weighted by Crippen LogP contribution is 2.46. The number of carbonyl (C=O) groups excluding carboxylic acids is 1. The molecule has 3 rings (SSSR count). The van der Waals surface area contributed by atoms with Crippen molar-refractivity contribution >= 4 is 5.78 Å². The van der Waals surface area contributed by atoms with Gasteiger partial charge in [-0.25, -0.2) is 0 Å². The number of hydrogen-bond acceptors (Lipinski definition) is 2. The van der Waals surface area contributed by atoms with Gasteiger partial charge in [-0.05, 0) is 56.7 Å². The molecule has 0 saturated carbocycles. The third-order valence-electron chi connectivity index (χ3n) is 5.55. The van der Waals surface area contributed by atoms with Gasteiger partial charge in [0, 0.05) is 18.0 Å². The molecule has 1 aromatic rings. The Morgan fingerprint density at radius 3 is 2.55 bits per heavy atom. The molecule has 0 unspecified atom stereocenters. The fourth-order valence-corrected chi connectivity index (χ4v) is 4.36. The predicted octanol–water partition coefficient (Wildman–Crippen LogP) is 3.40. The van der Waals surface area contributed by atoms with E-state index in [0.29, 0.717) is 23.8 Å².